The van der Waals surface area contributed by atoms with Crippen LogP contribution in [0.15, 0.2) is 18.2 Å². The number of amides is 1. The van der Waals surface area contributed by atoms with Gasteiger partial charge in [-0.2, -0.15) is 5.10 Å². The first-order valence-electron chi connectivity index (χ1n) is 8.70. The summed E-state index contributed by atoms with van der Waals surface area (Å²) in [7, 11) is 4.51. The number of aryl methyl sites for hydroxylation is 1. The van der Waals surface area contributed by atoms with Gasteiger partial charge in [-0.1, -0.05) is 6.07 Å². The van der Waals surface area contributed by atoms with Crippen molar-refractivity contribution in [3.05, 3.63) is 40.7 Å². The van der Waals surface area contributed by atoms with E-state index in [1.54, 1.807) is 19.1 Å². The molecule has 1 aromatic heterocycles. The number of aromatic nitrogens is 2. The number of carbonyl (C=O) groups is 2. The van der Waals surface area contributed by atoms with Crippen molar-refractivity contribution >= 4 is 11.9 Å². The number of ether oxygens (including phenoxy) is 3. The van der Waals surface area contributed by atoms with Crippen LogP contribution in [0.3, 0.4) is 0 Å². The minimum atomic E-state index is -0.458. The third-order valence-electron chi connectivity index (χ3n) is 4.74. The van der Waals surface area contributed by atoms with E-state index in [2.05, 4.69) is 10.2 Å². The van der Waals surface area contributed by atoms with E-state index in [1.807, 2.05) is 18.2 Å². The standard InChI is InChI=1S/C19H23N3O5/c1-25-15-6-4-12(10-16(15)26-2)5-7-17(23)22-9-8-13-14(11-22)20-21-18(13)19(24)27-3/h4,6,10H,5,7-9,11H2,1-3H3,(H,20,21). The molecular formula is C19H23N3O5. The lowest BCUT2D eigenvalue weighted by Gasteiger charge is -2.27. The number of esters is 1. The van der Waals surface area contributed by atoms with Crippen LogP contribution in [0.2, 0.25) is 0 Å². The van der Waals surface area contributed by atoms with Gasteiger partial charge in [0.1, 0.15) is 0 Å². The highest BCUT2D eigenvalue weighted by molar-refractivity contribution is 5.89. The molecule has 1 aromatic carbocycles. The molecule has 0 radical (unpaired) electrons. The lowest BCUT2D eigenvalue weighted by atomic mass is 10.0. The molecule has 2 heterocycles. The number of hydrogen-bond donors (Lipinski definition) is 1. The summed E-state index contributed by atoms with van der Waals surface area (Å²) in [6.45, 7) is 0.978. The summed E-state index contributed by atoms with van der Waals surface area (Å²) < 4.78 is 15.3. The first kappa shape index (κ1) is 18.8. The Hall–Kier alpha value is -3.03. The number of hydrogen-bond acceptors (Lipinski definition) is 6. The fourth-order valence-corrected chi connectivity index (χ4v) is 3.24. The lowest BCUT2D eigenvalue weighted by Crippen LogP contribution is -2.36. The molecule has 1 N–H and O–H groups in total. The van der Waals surface area contributed by atoms with Crippen LogP contribution in [0.4, 0.5) is 0 Å². The Bertz CT molecular complexity index is 846. The molecule has 27 heavy (non-hydrogen) atoms. The van der Waals surface area contributed by atoms with Crippen LogP contribution in [-0.2, 0) is 28.9 Å². The van der Waals surface area contributed by atoms with E-state index in [0.717, 1.165) is 16.8 Å². The largest absolute Gasteiger partial charge is 0.493 e. The van der Waals surface area contributed by atoms with Gasteiger partial charge in [0.25, 0.3) is 0 Å². The third-order valence-corrected chi connectivity index (χ3v) is 4.74. The molecule has 8 nitrogen and oxygen atoms in total. The number of rotatable bonds is 6. The maximum absolute atomic E-state index is 12.6. The number of fused-ring (bicyclic) bond motifs is 1. The molecule has 1 amide bonds. The van der Waals surface area contributed by atoms with Crippen LogP contribution in [0.5, 0.6) is 11.5 Å². The van der Waals surface area contributed by atoms with Crippen LogP contribution >= 0.6 is 0 Å². The second kappa shape index (κ2) is 8.11. The topological polar surface area (TPSA) is 93.8 Å². The van der Waals surface area contributed by atoms with E-state index >= 15 is 0 Å². The number of aromatic amines is 1. The zero-order chi connectivity index (χ0) is 19.4. The molecule has 0 aliphatic carbocycles. The lowest BCUT2D eigenvalue weighted by molar-refractivity contribution is -0.132. The minimum absolute atomic E-state index is 0.0599. The summed E-state index contributed by atoms with van der Waals surface area (Å²) in [6.07, 6.45) is 1.58. The van der Waals surface area contributed by atoms with Gasteiger partial charge in [-0.25, -0.2) is 4.79 Å². The maximum atomic E-state index is 12.6. The number of nitrogens with one attached hydrogen (secondary N) is 1. The van der Waals surface area contributed by atoms with E-state index in [-0.39, 0.29) is 5.91 Å². The molecule has 0 saturated carbocycles. The predicted molar refractivity (Wildman–Crippen MR) is 96.9 cm³/mol. The van der Waals surface area contributed by atoms with Crippen molar-refractivity contribution in [2.45, 2.75) is 25.8 Å². The fraction of sp³-hybridized carbons (Fsp3) is 0.421. The Morgan fingerprint density at radius 3 is 2.67 bits per heavy atom. The van der Waals surface area contributed by atoms with Crippen LogP contribution in [0, 0.1) is 0 Å². The first-order valence-corrected chi connectivity index (χ1v) is 8.70. The number of methoxy groups -OCH3 is 3. The summed E-state index contributed by atoms with van der Waals surface area (Å²) in [5.74, 6) is 0.917. The first-order chi connectivity index (χ1) is 13.1. The highest BCUT2D eigenvalue weighted by Crippen LogP contribution is 2.28. The smallest absolute Gasteiger partial charge is 0.358 e. The average Bonchev–Trinajstić information content (AvgIpc) is 3.14. The van der Waals surface area contributed by atoms with Crippen molar-refractivity contribution in [1.29, 1.82) is 0 Å². The molecule has 1 aliphatic heterocycles. The van der Waals surface area contributed by atoms with E-state index in [4.69, 9.17) is 14.2 Å². The van der Waals surface area contributed by atoms with Crippen LogP contribution in [-0.4, -0.2) is 54.8 Å². The Morgan fingerprint density at radius 1 is 1.19 bits per heavy atom. The van der Waals surface area contributed by atoms with Crippen LogP contribution in [0.25, 0.3) is 0 Å². The van der Waals surface area contributed by atoms with E-state index < -0.39 is 5.97 Å². The zero-order valence-corrected chi connectivity index (χ0v) is 15.7. The summed E-state index contributed by atoms with van der Waals surface area (Å²) >= 11 is 0. The van der Waals surface area contributed by atoms with Crippen molar-refractivity contribution in [2.75, 3.05) is 27.9 Å². The SMILES string of the molecule is COC(=O)c1n[nH]c2c1CCN(C(=O)CCc1ccc(OC)c(OC)c1)C2. The molecule has 0 spiro atoms. The van der Waals surface area contributed by atoms with Crippen LogP contribution < -0.4 is 9.47 Å². The minimum Gasteiger partial charge on any atom is -0.493 e. The number of nitrogens with zero attached hydrogens (tertiary/aromatic N) is 2. The van der Waals surface area contributed by atoms with Gasteiger partial charge in [-0.05, 0) is 30.5 Å². The average molecular weight is 373 g/mol. The third kappa shape index (κ3) is 3.89. The van der Waals surface area contributed by atoms with Crippen molar-refractivity contribution in [3.63, 3.8) is 0 Å². The summed E-state index contributed by atoms with van der Waals surface area (Å²) in [6, 6.07) is 5.66. The molecule has 1 aliphatic rings. The molecule has 0 unspecified atom stereocenters. The van der Waals surface area contributed by atoms with E-state index in [1.165, 1.54) is 7.11 Å². The molecule has 0 saturated heterocycles. The Balaban J connectivity index is 1.61. The van der Waals surface area contributed by atoms with Gasteiger partial charge in [-0.3, -0.25) is 9.89 Å². The second-order valence-electron chi connectivity index (χ2n) is 6.28. The summed E-state index contributed by atoms with van der Waals surface area (Å²) in [5, 5.41) is 6.88. The molecule has 0 atom stereocenters. The molecule has 0 bridgehead atoms. The van der Waals surface area contributed by atoms with Crippen molar-refractivity contribution < 1.29 is 23.8 Å². The normalized spacial score (nSPS) is 13.1. The quantitative estimate of drug-likeness (QED) is 0.775. The Morgan fingerprint density at radius 2 is 1.96 bits per heavy atom. The van der Waals surface area contributed by atoms with E-state index in [0.29, 0.717) is 49.5 Å². The molecule has 3 rings (SSSR count). The zero-order valence-electron chi connectivity index (χ0n) is 15.7. The van der Waals surface area contributed by atoms with Crippen molar-refractivity contribution in [1.82, 2.24) is 15.1 Å². The maximum Gasteiger partial charge on any atom is 0.358 e. The monoisotopic (exact) mass is 373 g/mol. The van der Waals surface area contributed by atoms with Crippen LogP contribution in [0.1, 0.15) is 33.7 Å². The number of benzene rings is 1. The number of carbonyl (C=O) groups excluding carboxylic acids is 2. The van der Waals surface area contributed by atoms with Gasteiger partial charge in [0.05, 0.1) is 33.6 Å². The summed E-state index contributed by atoms with van der Waals surface area (Å²) in [5.41, 5.74) is 2.95. The molecule has 144 valence electrons. The molecular weight excluding hydrogens is 350 g/mol. The fourth-order valence-electron chi connectivity index (χ4n) is 3.24. The Labute approximate surface area is 157 Å². The second-order valence-corrected chi connectivity index (χ2v) is 6.28. The molecule has 0 fully saturated rings. The highest BCUT2D eigenvalue weighted by atomic mass is 16.5. The van der Waals surface area contributed by atoms with Gasteiger partial charge in [-0.15, -0.1) is 0 Å². The van der Waals surface area contributed by atoms with Gasteiger partial charge >= 0.3 is 5.97 Å². The van der Waals surface area contributed by atoms with Gasteiger partial charge in [0.15, 0.2) is 17.2 Å². The highest BCUT2D eigenvalue weighted by Gasteiger charge is 2.27. The summed E-state index contributed by atoms with van der Waals surface area (Å²) in [4.78, 5) is 26.1. The van der Waals surface area contributed by atoms with E-state index in [9.17, 15) is 9.59 Å². The van der Waals surface area contributed by atoms with Gasteiger partial charge < -0.3 is 19.1 Å². The molecule has 2 aromatic rings. The van der Waals surface area contributed by atoms with Crippen molar-refractivity contribution in [2.24, 2.45) is 0 Å². The Kier molecular flexibility index (Phi) is 5.63. The number of H-pyrrole nitrogens is 1. The molecule has 8 heteroatoms. The van der Waals surface area contributed by atoms with Gasteiger partial charge in [0.2, 0.25) is 5.91 Å². The predicted octanol–water partition coefficient (Wildman–Crippen LogP) is 1.73. The van der Waals surface area contributed by atoms with Crippen molar-refractivity contribution in [3.8, 4) is 11.5 Å². The van der Waals surface area contributed by atoms with Gasteiger partial charge in [0, 0.05) is 18.5 Å².